The zero-order valence-corrected chi connectivity index (χ0v) is 28.0. The molecule has 3 aliphatic rings. The van der Waals surface area contributed by atoms with Crippen LogP contribution in [0.1, 0.15) is 68.2 Å². The van der Waals surface area contributed by atoms with Crippen LogP contribution in [0.25, 0.3) is 0 Å². The van der Waals surface area contributed by atoms with Crippen LogP contribution in [-0.4, -0.2) is 107 Å². The van der Waals surface area contributed by atoms with Gasteiger partial charge in [-0.1, -0.05) is 50.6 Å². The number of ether oxygens (including phenoxy) is 1. The van der Waals surface area contributed by atoms with Gasteiger partial charge in [0.1, 0.15) is 5.75 Å². The summed E-state index contributed by atoms with van der Waals surface area (Å²) in [6.07, 6.45) is 4.23. The van der Waals surface area contributed by atoms with Crippen molar-refractivity contribution in [1.82, 2.24) is 19.6 Å². The van der Waals surface area contributed by atoms with Gasteiger partial charge in [0, 0.05) is 70.0 Å². The van der Waals surface area contributed by atoms with Crippen LogP contribution in [0.4, 0.5) is 15.3 Å². The summed E-state index contributed by atoms with van der Waals surface area (Å²) in [5.74, 6) is 0.0674. The van der Waals surface area contributed by atoms with E-state index in [2.05, 4.69) is 24.1 Å². The molecule has 2 aromatic rings. The number of amides is 4. The number of benzene rings is 2. The lowest BCUT2D eigenvalue weighted by atomic mass is 10.00. The van der Waals surface area contributed by atoms with E-state index in [0.717, 1.165) is 66.7 Å². The average Bonchev–Trinajstić information content (AvgIpc) is 3.23. The topological polar surface area (TPSA) is 106 Å². The molecule has 2 atom stereocenters. The van der Waals surface area contributed by atoms with E-state index in [1.54, 1.807) is 4.90 Å². The number of likely N-dealkylation sites (tertiary alicyclic amines) is 1. The fourth-order valence-corrected chi connectivity index (χ4v) is 7.34. The van der Waals surface area contributed by atoms with Gasteiger partial charge < -0.3 is 29.9 Å². The number of aromatic hydroxyl groups is 1. The minimum absolute atomic E-state index is 0.0229. The Morgan fingerprint density at radius 3 is 2.28 bits per heavy atom. The quantitative estimate of drug-likeness (QED) is 0.387. The van der Waals surface area contributed by atoms with Crippen LogP contribution in [0, 0.1) is 13.8 Å². The number of carbonyl (C=O) groups excluding carboxylic acids is 3. The molecule has 46 heavy (non-hydrogen) atoms. The van der Waals surface area contributed by atoms with Crippen LogP contribution >= 0.6 is 0 Å². The number of hydrogen-bond donors (Lipinski definition) is 2. The molecular weight excluding hydrogens is 582 g/mol. The van der Waals surface area contributed by atoms with E-state index in [1.807, 2.05) is 60.0 Å². The molecular formula is C36H51N5O5. The highest BCUT2D eigenvalue weighted by molar-refractivity contribution is 5.91. The Bertz CT molecular complexity index is 1360. The van der Waals surface area contributed by atoms with E-state index in [4.69, 9.17) is 4.74 Å². The maximum atomic E-state index is 14.0. The SMILES string of the molecule is CCCC(CC)N1CCN(C(=O)[C@@H](Cc2cc(C)c(O)c(C)c2)OC(=O)N2CCC(N3CCc4ccccc4NC3=O)CC2)CC1. The highest BCUT2D eigenvalue weighted by Crippen LogP contribution is 2.27. The number of hydrogen-bond acceptors (Lipinski definition) is 6. The van der Waals surface area contributed by atoms with Gasteiger partial charge in [-0.3, -0.25) is 9.69 Å². The van der Waals surface area contributed by atoms with Crippen LogP contribution in [-0.2, 0) is 22.4 Å². The molecule has 0 spiro atoms. The molecule has 0 saturated carbocycles. The van der Waals surface area contributed by atoms with E-state index in [9.17, 15) is 19.5 Å². The summed E-state index contributed by atoms with van der Waals surface area (Å²) in [6, 6.07) is 12.1. The molecule has 0 bridgehead atoms. The molecule has 250 valence electrons. The number of para-hydroxylation sites is 1. The number of phenols is 1. The van der Waals surface area contributed by atoms with Crippen molar-refractivity contribution in [3.8, 4) is 5.75 Å². The third-order valence-electron chi connectivity index (χ3n) is 10.0. The second kappa shape index (κ2) is 15.2. The number of urea groups is 1. The second-order valence-corrected chi connectivity index (χ2v) is 13.1. The molecule has 2 saturated heterocycles. The van der Waals surface area contributed by atoms with E-state index in [-0.39, 0.29) is 30.2 Å². The van der Waals surface area contributed by atoms with Gasteiger partial charge in [-0.25, -0.2) is 9.59 Å². The fraction of sp³-hybridized carbons (Fsp3) is 0.583. The molecule has 2 aromatic carbocycles. The molecule has 10 heteroatoms. The van der Waals surface area contributed by atoms with Crippen molar-refractivity contribution in [3.05, 3.63) is 58.7 Å². The minimum atomic E-state index is -0.965. The molecule has 2 N–H and O–H groups in total. The zero-order valence-electron chi connectivity index (χ0n) is 28.0. The molecule has 0 aromatic heterocycles. The number of aryl methyl sites for hydroxylation is 2. The number of rotatable bonds is 9. The molecule has 5 rings (SSSR count). The first kappa shape index (κ1) is 33.6. The van der Waals surface area contributed by atoms with Gasteiger partial charge in [0.05, 0.1) is 0 Å². The number of phenolic OH excluding ortho intramolecular Hbond substituents is 1. The van der Waals surface area contributed by atoms with Gasteiger partial charge in [-0.05, 0) is 74.3 Å². The molecule has 0 radical (unpaired) electrons. The van der Waals surface area contributed by atoms with Crippen LogP contribution in [0.15, 0.2) is 36.4 Å². The van der Waals surface area contributed by atoms with Crippen molar-refractivity contribution in [3.63, 3.8) is 0 Å². The Kier molecular flexibility index (Phi) is 11.1. The van der Waals surface area contributed by atoms with E-state index in [1.165, 1.54) is 0 Å². The number of nitrogens with one attached hydrogen (secondary N) is 1. The van der Waals surface area contributed by atoms with Gasteiger partial charge in [-0.15, -0.1) is 0 Å². The maximum absolute atomic E-state index is 14.0. The van der Waals surface area contributed by atoms with Gasteiger partial charge in [0.25, 0.3) is 5.91 Å². The molecule has 0 aliphatic carbocycles. The Hall–Kier alpha value is -3.79. The third kappa shape index (κ3) is 7.77. The van der Waals surface area contributed by atoms with Crippen LogP contribution in [0.3, 0.4) is 0 Å². The highest BCUT2D eigenvalue weighted by atomic mass is 16.6. The van der Waals surface area contributed by atoms with Crippen molar-refractivity contribution in [2.75, 3.05) is 51.1 Å². The van der Waals surface area contributed by atoms with E-state index >= 15 is 0 Å². The molecule has 1 unspecified atom stereocenters. The summed E-state index contributed by atoms with van der Waals surface area (Å²) in [5.41, 5.74) is 4.29. The minimum Gasteiger partial charge on any atom is -0.507 e. The summed E-state index contributed by atoms with van der Waals surface area (Å²) >= 11 is 0. The largest absolute Gasteiger partial charge is 0.507 e. The Morgan fingerprint density at radius 2 is 1.63 bits per heavy atom. The smallest absolute Gasteiger partial charge is 0.410 e. The van der Waals surface area contributed by atoms with Crippen molar-refractivity contribution < 1.29 is 24.2 Å². The summed E-state index contributed by atoms with van der Waals surface area (Å²) in [5, 5.41) is 13.4. The van der Waals surface area contributed by atoms with E-state index < -0.39 is 12.2 Å². The molecule has 4 amide bonds. The van der Waals surface area contributed by atoms with Crippen LogP contribution in [0.5, 0.6) is 5.75 Å². The number of piperazine rings is 1. The summed E-state index contributed by atoms with van der Waals surface area (Å²) in [4.78, 5) is 48.5. The van der Waals surface area contributed by atoms with Crippen molar-refractivity contribution in [1.29, 1.82) is 0 Å². The van der Waals surface area contributed by atoms with Gasteiger partial charge in [-0.2, -0.15) is 0 Å². The first-order chi connectivity index (χ1) is 22.2. The number of anilines is 1. The second-order valence-electron chi connectivity index (χ2n) is 13.1. The molecule has 3 heterocycles. The average molecular weight is 634 g/mol. The Labute approximate surface area is 273 Å². The van der Waals surface area contributed by atoms with Gasteiger partial charge >= 0.3 is 12.1 Å². The fourth-order valence-electron chi connectivity index (χ4n) is 7.34. The first-order valence-electron chi connectivity index (χ1n) is 17.1. The predicted octanol–water partition coefficient (Wildman–Crippen LogP) is 5.33. The van der Waals surface area contributed by atoms with Crippen molar-refractivity contribution >= 4 is 23.7 Å². The molecule has 2 fully saturated rings. The maximum Gasteiger partial charge on any atom is 0.410 e. The lowest BCUT2D eigenvalue weighted by Gasteiger charge is -2.40. The van der Waals surface area contributed by atoms with Crippen molar-refractivity contribution in [2.45, 2.75) is 90.8 Å². The normalized spacial score (nSPS) is 19.2. The Balaban J connectivity index is 1.23. The number of piperidine rings is 1. The first-order valence-corrected chi connectivity index (χ1v) is 17.1. The number of nitrogens with zero attached hydrogens (tertiary/aromatic N) is 4. The van der Waals surface area contributed by atoms with Gasteiger partial charge in [0.2, 0.25) is 0 Å². The third-order valence-corrected chi connectivity index (χ3v) is 10.0. The summed E-state index contributed by atoms with van der Waals surface area (Å²) < 4.78 is 6.04. The summed E-state index contributed by atoms with van der Waals surface area (Å²) in [7, 11) is 0. The molecule has 3 aliphatic heterocycles. The summed E-state index contributed by atoms with van der Waals surface area (Å²) in [6.45, 7) is 12.5. The monoisotopic (exact) mass is 633 g/mol. The van der Waals surface area contributed by atoms with Crippen LogP contribution in [0.2, 0.25) is 0 Å². The number of carbonyl (C=O) groups is 3. The zero-order chi connectivity index (χ0) is 32.8. The molecule has 10 nitrogen and oxygen atoms in total. The lowest BCUT2D eigenvalue weighted by molar-refractivity contribution is -0.143. The van der Waals surface area contributed by atoms with E-state index in [0.29, 0.717) is 51.6 Å². The predicted molar refractivity (Wildman–Crippen MR) is 179 cm³/mol. The van der Waals surface area contributed by atoms with Gasteiger partial charge in [0.15, 0.2) is 6.10 Å². The Morgan fingerprint density at radius 1 is 0.957 bits per heavy atom. The lowest BCUT2D eigenvalue weighted by Crippen LogP contribution is -2.55. The van der Waals surface area contributed by atoms with Crippen LogP contribution < -0.4 is 5.32 Å². The highest BCUT2D eigenvalue weighted by Gasteiger charge is 2.36. The number of fused-ring (bicyclic) bond motifs is 1. The van der Waals surface area contributed by atoms with Crippen molar-refractivity contribution in [2.24, 2.45) is 0 Å². The standard InChI is InChI=1S/C36H51N5O5/c1-5-9-29(6-2)38-18-20-39(21-19-38)34(43)32(24-27-22-25(3)33(42)26(4)23-27)46-36(45)40-15-13-30(14-16-40)41-17-12-28-10-7-8-11-31(28)37-35(41)44/h7-8,10-11,22-23,29-30,32,42H,5-6,9,12-21,24H2,1-4H3,(H,37,44)/t29?,32-/m1/s1.